The molecule has 0 unspecified atom stereocenters. The number of nitro benzene ring substituents is 1. The predicted molar refractivity (Wildman–Crippen MR) is 119 cm³/mol. The molecule has 3 aromatic rings. The molecule has 1 aliphatic heterocycles. The van der Waals surface area contributed by atoms with Gasteiger partial charge in [-0.25, -0.2) is 4.68 Å². The van der Waals surface area contributed by atoms with E-state index >= 15 is 0 Å². The smallest absolute Gasteiger partial charge is 0.269 e. The highest BCUT2D eigenvalue weighted by atomic mass is 32.1. The van der Waals surface area contributed by atoms with E-state index in [4.69, 9.17) is 12.2 Å². The molecule has 1 fully saturated rings. The van der Waals surface area contributed by atoms with Gasteiger partial charge in [-0.15, -0.1) is 0 Å². The van der Waals surface area contributed by atoms with Crippen molar-refractivity contribution in [1.29, 1.82) is 0 Å². The highest BCUT2D eigenvalue weighted by Gasteiger charge is 2.19. The lowest BCUT2D eigenvalue weighted by Gasteiger charge is -2.35. The molecule has 0 amide bonds. The van der Waals surface area contributed by atoms with Gasteiger partial charge >= 0.3 is 0 Å². The molecule has 0 spiro atoms. The second-order valence-corrected chi connectivity index (χ2v) is 7.89. The van der Waals surface area contributed by atoms with Gasteiger partial charge in [-0.2, -0.15) is 5.10 Å². The van der Waals surface area contributed by atoms with Crippen LogP contribution in [-0.4, -0.2) is 50.3 Å². The molecule has 0 bridgehead atoms. The maximum absolute atomic E-state index is 10.8. The lowest BCUT2D eigenvalue weighted by Crippen LogP contribution is -2.47. The minimum Gasteiger partial charge on any atom is -0.369 e. The van der Waals surface area contributed by atoms with Crippen molar-refractivity contribution < 1.29 is 4.92 Å². The fourth-order valence-electron chi connectivity index (χ4n) is 3.72. The first kappa shape index (κ1) is 20.2. The van der Waals surface area contributed by atoms with Crippen LogP contribution in [0.1, 0.15) is 11.4 Å². The molecule has 30 heavy (non-hydrogen) atoms. The predicted octanol–water partition coefficient (Wildman–Crippen LogP) is 3.71. The van der Waals surface area contributed by atoms with E-state index in [1.807, 2.05) is 28.3 Å². The summed E-state index contributed by atoms with van der Waals surface area (Å²) in [6, 6.07) is 15.0. The molecular weight excluding hydrogens is 400 g/mol. The maximum Gasteiger partial charge on any atom is 0.269 e. The molecule has 2 aromatic carbocycles. The number of benzene rings is 2. The monoisotopic (exact) mass is 424 g/mol. The quantitative estimate of drug-likeness (QED) is 0.353. The molecule has 0 saturated carbocycles. The fraction of sp³-hybridized carbons (Fsp3) is 0.333. The zero-order valence-corrected chi connectivity index (χ0v) is 17.9. The van der Waals surface area contributed by atoms with Crippen LogP contribution in [0.25, 0.3) is 5.69 Å². The van der Waals surface area contributed by atoms with Crippen LogP contribution in [0, 0.1) is 28.7 Å². The Bertz CT molecular complexity index is 1100. The summed E-state index contributed by atoms with van der Waals surface area (Å²) in [4.78, 5) is 15.0. The Morgan fingerprint density at radius 2 is 1.57 bits per heavy atom. The van der Waals surface area contributed by atoms with Crippen molar-refractivity contribution in [1.82, 2.24) is 19.2 Å². The Balaban J connectivity index is 1.42. The Morgan fingerprint density at radius 1 is 0.967 bits per heavy atom. The summed E-state index contributed by atoms with van der Waals surface area (Å²) in [5.41, 5.74) is 3.36. The van der Waals surface area contributed by atoms with Gasteiger partial charge in [-0.3, -0.25) is 19.6 Å². The van der Waals surface area contributed by atoms with Crippen LogP contribution in [0.15, 0.2) is 48.5 Å². The van der Waals surface area contributed by atoms with Gasteiger partial charge in [-0.1, -0.05) is 17.7 Å². The lowest BCUT2D eigenvalue weighted by molar-refractivity contribution is -0.384. The van der Waals surface area contributed by atoms with Gasteiger partial charge < -0.3 is 4.90 Å². The van der Waals surface area contributed by atoms with Gasteiger partial charge in [0.1, 0.15) is 5.82 Å². The van der Waals surface area contributed by atoms with Crippen molar-refractivity contribution >= 4 is 23.6 Å². The van der Waals surface area contributed by atoms with Crippen molar-refractivity contribution in [3.05, 3.63) is 74.8 Å². The van der Waals surface area contributed by atoms with Gasteiger partial charge in [0, 0.05) is 49.7 Å². The van der Waals surface area contributed by atoms with Crippen LogP contribution in [0.4, 0.5) is 11.4 Å². The minimum atomic E-state index is -0.372. The molecule has 2 heterocycles. The van der Waals surface area contributed by atoms with E-state index in [1.54, 1.807) is 12.1 Å². The molecule has 0 N–H and O–H groups in total. The Kier molecular flexibility index (Phi) is 5.65. The van der Waals surface area contributed by atoms with Crippen LogP contribution in [0.2, 0.25) is 0 Å². The van der Waals surface area contributed by atoms with Gasteiger partial charge in [0.25, 0.3) is 5.69 Å². The second-order valence-electron chi connectivity index (χ2n) is 7.52. The summed E-state index contributed by atoms with van der Waals surface area (Å²) < 4.78 is 4.57. The second kappa shape index (κ2) is 8.37. The Morgan fingerprint density at radius 3 is 2.17 bits per heavy atom. The van der Waals surface area contributed by atoms with Crippen molar-refractivity contribution in [3.63, 3.8) is 0 Å². The molecule has 0 aliphatic carbocycles. The van der Waals surface area contributed by atoms with E-state index in [0.29, 0.717) is 11.4 Å². The van der Waals surface area contributed by atoms with Gasteiger partial charge in [0.15, 0.2) is 0 Å². The summed E-state index contributed by atoms with van der Waals surface area (Å²) in [6.45, 7) is 8.12. The summed E-state index contributed by atoms with van der Waals surface area (Å²) >= 11 is 5.70. The number of aromatic nitrogens is 3. The molecule has 1 aromatic heterocycles. The van der Waals surface area contributed by atoms with Crippen LogP contribution < -0.4 is 4.90 Å². The van der Waals surface area contributed by atoms with Crippen molar-refractivity contribution in [2.75, 3.05) is 31.1 Å². The van der Waals surface area contributed by atoms with E-state index in [9.17, 15) is 10.1 Å². The highest BCUT2D eigenvalue weighted by molar-refractivity contribution is 7.71. The van der Waals surface area contributed by atoms with E-state index < -0.39 is 0 Å². The van der Waals surface area contributed by atoms with Crippen LogP contribution in [0.5, 0.6) is 0 Å². The number of rotatable bonds is 5. The average molecular weight is 425 g/mol. The number of piperazine rings is 1. The molecule has 0 radical (unpaired) electrons. The zero-order chi connectivity index (χ0) is 21.3. The first-order valence-corrected chi connectivity index (χ1v) is 10.3. The maximum atomic E-state index is 10.8. The average Bonchev–Trinajstić information content (AvgIpc) is 3.02. The fourth-order valence-corrected chi connectivity index (χ4v) is 4.06. The Hall–Kier alpha value is -3.04. The number of nitrogens with zero attached hydrogens (tertiary/aromatic N) is 6. The molecule has 8 nitrogen and oxygen atoms in total. The summed E-state index contributed by atoms with van der Waals surface area (Å²) in [6.07, 6.45) is 0. The molecule has 9 heteroatoms. The number of non-ortho nitro benzene ring substituents is 1. The third kappa shape index (κ3) is 4.12. The van der Waals surface area contributed by atoms with E-state index in [2.05, 4.69) is 46.1 Å². The molecule has 1 aliphatic rings. The van der Waals surface area contributed by atoms with Crippen molar-refractivity contribution in [2.45, 2.75) is 20.5 Å². The highest BCUT2D eigenvalue weighted by Crippen LogP contribution is 2.21. The normalized spacial score (nSPS) is 14.8. The Labute approximate surface area is 180 Å². The number of hydrogen-bond acceptors (Lipinski definition) is 6. The summed E-state index contributed by atoms with van der Waals surface area (Å²) in [5, 5.41) is 15.5. The molecular formula is C21H24N6O2S. The van der Waals surface area contributed by atoms with E-state index in [1.165, 1.54) is 5.56 Å². The number of nitro groups is 1. The first-order valence-electron chi connectivity index (χ1n) is 9.87. The van der Waals surface area contributed by atoms with Gasteiger partial charge in [-0.05, 0) is 50.3 Å². The van der Waals surface area contributed by atoms with E-state index in [-0.39, 0.29) is 10.6 Å². The SMILES string of the molecule is Cc1ccc(-n2c(C)nn(CN3CCN(c4ccc([N+](=O)[O-])cc4)CC3)c2=S)cc1. The number of anilines is 1. The van der Waals surface area contributed by atoms with Crippen LogP contribution in [0.3, 0.4) is 0 Å². The lowest BCUT2D eigenvalue weighted by atomic mass is 10.2. The van der Waals surface area contributed by atoms with Crippen molar-refractivity contribution in [3.8, 4) is 5.69 Å². The number of hydrogen-bond donors (Lipinski definition) is 0. The number of aryl methyl sites for hydroxylation is 2. The molecule has 1 saturated heterocycles. The minimum absolute atomic E-state index is 0.117. The van der Waals surface area contributed by atoms with E-state index in [0.717, 1.165) is 43.4 Å². The molecule has 156 valence electrons. The zero-order valence-electron chi connectivity index (χ0n) is 17.1. The summed E-state index contributed by atoms with van der Waals surface area (Å²) in [5.74, 6) is 0.869. The third-order valence-electron chi connectivity index (χ3n) is 5.43. The largest absolute Gasteiger partial charge is 0.369 e. The van der Waals surface area contributed by atoms with Crippen molar-refractivity contribution in [2.24, 2.45) is 0 Å². The summed E-state index contributed by atoms with van der Waals surface area (Å²) in [7, 11) is 0. The third-order valence-corrected chi connectivity index (χ3v) is 5.82. The molecule has 0 atom stereocenters. The van der Waals surface area contributed by atoms with Gasteiger partial charge in [0.2, 0.25) is 4.77 Å². The standard InChI is InChI=1S/C21H24N6O2S/c1-16-3-5-19(6-4-16)26-17(2)22-25(21(26)30)15-23-11-13-24(14-12-23)18-7-9-20(10-8-18)27(28)29/h3-10H,11-15H2,1-2H3. The van der Waals surface area contributed by atoms with Crippen LogP contribution >= 0.6 is 12.2 Å². The topological polar surface area (TPSA) is 72.4 Å². The van der Waals surface area contributed by atoms with Crippen LogP contribution in [-0.2, 0) is 6.67 Å². The first-order chi connectivity index (χ1) is 14.4. The molecule has 4 rings (SSSR count). The van der Waals surface area contributed by atoms with Gasteiger partial charge in [0.05, 0.1) is 11.6 Å².